The number of benzene rings is 2. The second-order valence-corrected chi connectivity index (χ2v) is 8.93. The van der Waals surface area contributed by atoms with Crippen LogP contribution in [-0.4, -0.2) is 66.5 Å². The van der Waals surface area contributed by atoms with E-state index in [9.17, 15) is 14.7 Å². The lowest BCUT2D eigenvalue weighted by Crippen LogP contribution is -2.38. The highest BCUT2D eigenvalue weighted by atomic mass is 16.5. The highest BCUT2D eigenvalue weighted by molar-refractivity contribution is 6.16. The quantitative estimate of drug-likeness (QED) is 0.340. The van der Waals surface area contributed by atoms with Gasteiger partial charge in [0.05, 0.1) is 25.3 Å². The SMILES string of the molecule is CCCOc1ccc(C2C(C(=O)c3cc4cccc(OC)c4o3)=C(O)C(=O)N2CCN(CC)CC)cc1. The lowest BCUT2D eigenvalue weighted by Gasteiger charge is -2.29. The lowest BCUT2D eigenvalue weighted by molar-refractivity contribution is -0.129. The molecule has 1 aliphatic rings. The molecule has 2 aromatic carbocycles. The second kappa shape index (κ2) is 11.5. The smallest absolute Gasteiger partial charge is 0.290 e. The maximum absolute atomic E-state index is 13.8. The minimum absolute atomic E-state index is 0.00444. The van der Waals surface area contributed by atoms with E-state index in [2.05, 4.69) is 18.7 Å². The Morgan fingerprint density at radius 2 is 1.84 bits per heavy atom. The molecule has 0 saturated heterocycles. The van der Waals surface area contributed by atoms with Gasteiger partial charge in [0, 0.05) is 18.5 Å². The van der Waals surface area contributed by atoms with Crippen LogP contribution in [0.3, 0.4) is 0 Å². The van der Waals surface area contributed by atoms with Crippen molar-refractivity contribution in [1.82, 2.24) is 9.80 Å². The highest BCUT2D eigenvalue weighted by Crippen LogP contribution is 2.40. The van der Waals surface area contributed by atoms with Gasteiger partial charge >= 0.3 is 0 Å². The maximum atomic E-state index is 13.8. The molecule has 8 nitrogen and oxygen atoms in total. The van der Waals surface area contributed by atoms with Gasteiger partial charge in [0.25, 0.3) is 5.91 Å². The molecule has 2 heterocycles. The Balaban J connectivity index is 1.73. The van der Waals surface area contributed by atoms with E-state index in [1.165, 1.54) is 7.11 Å². The van der Waals surface area contributed by atoms with Gasteiger partial charge in [-0.05, 0) is 49.3 Å². The summed E-state index contributed by atoms with van der Waals surface area (Å²) in [6.45, 7) is 9.38. The van der Waals surface area contributed by atoms with Crippen LogP contribution in [0, 0.1) is 0 Å². The molecule has 8 heteroatoms. The third-order valence-electron chi connectivity index (χ3n) is 6.72. The van der Waals surface area contributed by atoms with Crippen molar-refractivity contribution in [2.24, 2.45) is 0 Å². The standard InChI is InChI=1S/C29H34N2O6/c1-5-17-36-21-13-11-19(12-14-21)25-24(27(33)29(34)31(25)16-15-30(6-2)7-3)26(32)23-18-20-9-8-10-22(35-4)28(20)37-23/h8-14,18,25,33H,5-7,15-17H2,1-4H3. The summed E-state index contributed by atoms with van der Waals surface area (Å²) in [6.07, 6.45) is 0.884. The summed E-state index contributed by atoms with van der Waals surface area (Å²) in [5, 5.41) is 11.7. The van der Waals surface area contributed by atoms with Crippen LogP contribution < -0.4 is 9.47 Å². The van der Waals surface area contributed by atoms with Crippen LogP contribution in [0.5, 0.6) is 11.5 Å². The number of amides is 1. The van der Waals surface area contributed by atoms with Gasteiger partial charge in [0.1, 0.15) is 5.75 Å². The van der Waals surface area contributed by atoms with Crippen LogP contribution in [0.25, 0.3) is 11.0 Å². The summed E-state index contributed by atoms with van der Waals surface area (Å²) >= 11 is 0. The van der Waals surface area contributed by atoms with E-state index in [0.717, 1.165) is 19.5 Å². The van der Waals surface area contributed by atoms with Crippen LogP contribution in [0.4, 0.5) is 0 Å². The summed E-state index contributed by atoms with van der Waals surface area (Å²) in [4.78, 5) is 30.8. The Kier molecular flexibility index (Phi) is 8.18. The molecule has 1 aliphatic heterocycles. The number of nitrogens with zero attached hydrogens (tertiary/aromatic N) is 2. The van der Waals surface area contributed by atoms with Crippen LogP contribution in [0.15, 0.2) is 64.3 Å². The van der Waals surface area contributed by atoms with Crippen LogP contribution in [-0.2, 0) is 4.79 Å². The van der Waals surface area contributed by atoms with Crippen LogP contribution in [0.2, 0.25) is 0 Å². The minimum atomic E-state index is -0.758. The number of likely N-dealkylation sites (N-methyl/N-ethyl adjacent to an activating group) is 1. The molecule has 3 aromatic rings. The van der Waals surface area contributed by atoms with Crippen molar-refractivity contribution in [3.63, 3.8) is 0 Å². The van der Waals surface area contributed by atoms with E-state index in [0.29, 0.717) is 47.7 Å². The maximum Gasteiger partial charge on any atom is 0.290 e. The van der Waals surface area contributed by atoms with E-state index in [1.54, 1.807) is 23.1 Å². The number of methoxy groups -OCH3 is 1. The Labute approximate surface area is 217 Å². The van der Waals surface area contributed by atoms with Crippen LogP contribution in [0.1, 0.15) is 49.4 Å². The number of rotatable bonds is 12. The summed E-state index contributed by atoms with van der Waals surface area (Å²) in [6, 6.07) is 13.5. The molecule has 196 valence electrons. The molecule has 1 aromatic heterocycles. The largest absolute Gasteiger partial charge is 0.503 e. The second-order valence-electron chi connectivity index (χ2n) is 8.93. The van der Waals surface area contributed by atoms with Crippen molar-refractivity contribution >= 4 is 22.7 Å². The zero-order chi connectivity index (χ0) is 26.5. The molecule has 0 radical (unpaired) electrons. The summed E-state index contributed by atoms with van der Waals surface area (Å²) in [5.41, 5.74) is 1.15. The normalized spacial score (nSPS) is 15.8. The number of Topliss-reactive ketones (excluding diaryl/α,β-unsaturated/α-hetero) is 1. The van der Waals surface area contributed by atoms with E-state index in [1.807, 2.05) is 37.3 Å². The Bertz CT molecular complexity index is 1290. The molecule has 0 saturated carbocycles. The number of ketones is 1. The van der Waals surface area contributed by atoms with Gasteiger partial charge in [-0.3, -0.25) is 9.59 Å². The van der Waals surface area contributed by atoms with Crippen molar-refractivity contribution < 1.29 is 28.6 Å². The molecule has 0 aliphatic carbocycles. The fourth-order valence-corrected chi connectivity index (χ4v) is 4.66. The highest BCUT2D eigenvalue weighted by Gasteiger charge is 2.44. The first-order valence-electron chi connectivity index (χ1n) is 12.7. The number of carbonyl (C=O) groups excluding carboxylic acids is 2. The van der Waals surface area contributed by atoms with Crippen molar-refractivity contribution in [2.75, 3.05) is 39.9 Å². The number of fused-ring (bicyclic) bond motifs is 1. The Hall–Kier alpha value is -3.78. The van der Waals surface area contributed by atoms with Gasteiger partial charge in [-0.1, -0.05) is 45.0 Å². The molecule has 1 N–H and O–H groups in total. The van der Waals surface area contributed by atoms with Gasteiger partial charge < -0.3 is 28.8 Å². The minimum Gasteiger partial charge on any atom is -0.503 e. The zero-order valence-electron chi connectivity index (χ0n) is 21.8. The van der Waals surface area contributed by atoms with Gasteiger partial charge in [0.15, 0.2) is 22.9 Å². The van der Waals surface area contributed by atoms with Crippen molar-refractivity contribution in [3.05, 3.63) is 71.2 Å². The zero-order valence-corrected chi connectivity index (χ0v) is 21.8. The first kappa shape index (κ1) is 26.3. The molecule has 1 atom stereocenters. The average Bonchev–Trinajstić information content (AvgIpc) is 3.47. The Morgan fingerprint density at radius 1 is 1.11 bits per heavy atom. The molecule has 1 amide bonds. The van der Waals surface area contributed by atoms with Gasteiger partial charge in [-0.2, -0.15) is 0 Å². The molecule has 37 heavy (non-hydrogen) atoms. The topological polar surface area (TPSA) is 92.4 Å². The molecule has 1 unspecified atom stereocenters. The number of para-hydroxylation sites is 1. The summed E-state index contributed by atoms with van der Waals surface area (Å²) in [7, 11) is 1.53. The number of furan rings is 1. The predicted molar refractivity (Wildman–Crippen MR) is 141 cm³/mol. The number of hydrogen-bond donors (Lipinski definition) is 1. The molecule has 4 rings (SSSR count). The van der Waals surface area contributed by atoms with Crippen molar-refractivity contribution in [2.45, 2.75) is 33.2 Å². The lowest BCUT2D eigenvalue weighted by atomic mass is 9.95. The first-order chi connectivity index (χ1) is 17.9. The van der Waals surface area contributed by atoms with E-state index in [-0.39, 0.29) is 11.3 Å². The predicted octanol–water partition coefficient (Wildman–Crippen LogP) is 5.15. The number of carbonyl (C=O) groups is 2. The van der Waals surface area contributed by atoms with Gasteiger partial charge in [0.2, 0.25) is 5.78 Å². The number of hydrogen-bond acceptors (Lipinski definition) is 7. The van der Waals surface area contributed by atoms with E-state index >= 15 is 0 Å². The van der Waals surface area contributed by atoms with Gasteiger partial charge in [-0.25, -0.2) is 0 Å². The fourth-order valence-electron chi connectivity index (χ4n) is 4.66. The van der Waals surface area contributed by atoms with Gasteiger partial charge in [-0.15, -0.1) is 0 Å². The van der Waals surface area contributed by atoms with E-state index < -0.39 is 23.5 Å². The molecule has 0 fully saturated rings. The van der Waals surface area contributed by atoms with Crippen molar-refractivity contribution in [3.8, 4) is 11.5 Å². The Morgan fingerprint density at radius 3 is 2.49 bits per heavy atom. The van der Waals surface area contributed by atoms with Crippen molar-refractivity contribution in [1.29, 1.82) is 0 Å². The summed E-state index contributed by atoms with van der Waals surface area (Å²) < 4.78 is 17.0. The average molecular weight is 507 g/mol. The first-order valence-corrected chi connectivity index (χ1v) is 12.7. The molecular formula is C29H34N2O6. The number of ether oxygens (including phenoxy) is 2. The van der Waals surface area contributed by atoms with E-state index in [4.69, 9.17) is 13.9 Å². The third-order valence-corrected chi connectivity index (χ3v) is 6.72. The summed E-state index contributed by atoms with van der Waals surface area (Å²) in [5.74, 6) is -0.417. The number of aliphatic hydroxyl groups excluding tert-OH is 1. The molecule has 0 bridgehead atoms. The molecular weight excluding hydrogens is 472 g/mol. The third kappa shape index (κ3) is 5.20. The number of aliphatic hydroxyl groups is 1. The van der Waals surface area contributed by atoms with Crippen LogP contribution >= 0.6 is 0 Å². The molecule has 0 spiro atoms. The fraction of sp³-hybridized carbons (Fsp3) is 0.379. The monoisotopic (exact) mass is 506 g/mol.